The molecule has 0 atom stereocenters. The molecule has 108 valence electrons. The molecule has 0 saturated heterocycles. The normalized spacial score (nSPS) is 11.5. The van der Waals surface area contributed by atoms with Crippen LogP contribution in [-0.2, 0) is 16.6 Å². The van der Waals surface area contributed by atoms with Gasteiger partial charge in [0, 0.05) is 11.1 Å². The van der Waals surface area contributed by atoms with Crippen molar-refractivity contribution in [1.29, 1.82) is 0 Å². The van der Waals surface area contributed by atoms with Gasteiger partial charge in [-0.2, -0.15) is 0 Å². The molecule has 2 aromatic rings. The van der Waals surface area contributed by atoms with Gasteiger partial charge in [0.25, 0.3) is 0 Å². The molecule has 4 N–H and O–H groups in total. The smallest absolute Gasteiger partial charge is 0.242 e. The number of benzene rings is 1. The second-order valence-corrected chi connectivity index (χ2v) is 7.09. The van der Waals surface area contributed by atoms with Crippen LogP contribution < -0.4 is 15.8 Å². The fourth-order valence-electron chi connectivity index (χ4n) is 1.69. The fraction of sp³-hybridized carbons (Fsp3) is 0.250. The summed E-state index contributed by atoms with van der Waals surface area (Å²) in [5.74, 6) is 0. The molecule has 0 aliphatic carbocycles. The van der Waals surface area contributed by atoms with E-state index in [1.807, 2.05) is 12.3 Å². The zero-order valence-electron chi connectivity index (χ0n) is 11.2. The minimum absolute atomic E-state index is 0.131. The Balaban J connectivity index is 2.27. The first-order valence-corrected chi connectivity index (χ1v) is 8.26. The average Bonchev–Trinajstić information content (AvgIpc) is 2.83. The Labute approximate surface area is 122 Å². The van der Waals surface area contributed by atoms with E-state index < -0.39 is 10.0 Å². The molecule has 1 aromatic carbocycles. The second-order valence-electron chi connectivity index (χ2n) is 4.17. The minimum Gasteiger partial charge on any atom is -0.399 e. The molecule has 0 spiro atoms. The van der Waals surface area contributed by atoms with Gasteiger partial charge in [0.05, 0.1) is 22.9 Å². The van der Waals surface area contributed by atoms with Crippen LogP contribution in [0.4, 0.5) is 11.4 Å². The van der Waals surface area contributed by atoms with Crippen molar-refractivity contribution in [3.63, 3.8) is 0 Å². The Kier molecular flexibility index (Phi) is 4.26. The summed E-state index contributed by atoms with van der Waals surface area (Å²) >= 11 is 1.55. The van der Waals surface area contributed by atoms with Crippen LogP contribution in [0.2, 0.25) is 0 Å². The number of nitrogen functional groups attached to an aromatic ring is 1. The van der Waals surface area contributed by atoms with Crippen molar-refractivity contribution in [1.82, 2.24) is 9.71 Å². The first-order valence-electron chi connectivity index (χ1n) is 5.90. The Morgan fingerprint density at radius 3 is 2.75 bits per heavy atom. The summed E-state index contributed by atoms with van der Waals surface area (Å²) in [6.07, 6.45) is 0. The first-order chi connectivity index (χ1) is 9.42. The monoisotopic (exact) mass is 312 g/mol. The number of hydrogen-bond donors (Lipinski definition) is 3. The zero-order chi connectivity index (χ0) is 14.8. The topological polar surface area (TPSA) is 97.1 Å². The van der Waals surface area contributed by atoms with Crippen LogP contribution in [0.15, 0.2) is 28.5 Å². The highest BCUT2D eigenvalue weighted by Crippen LogP contribution is 2.24. The van der Waals surface area contributed by atoms with Crippen LogP contribution >= 0.6 is 11.3 Å². The number of hydrogen-bond acceptors (Lipinski definition) is 6. The lowest BCUT2D eigenvalue weighted by Crippen LogP contribution is -2.20. The van der Waals surface area contributed by atoms with Crippen LogP contribution in [0.5, 0.6) is 0 Å². The van der Waals surface area contributed by atoms with Gasteiger partial charge in [-0.3, -0.25) is 0 Å². The molecule has 1 aromatic heterocycles. The highest BCUT2D eigenvalue weighted by molar-refractivity contribution is 7.89. The zero-order valence-corrected chi connectivity index (χ0v) is 12.8. The summed E-state index contributed by atoms with van der Waals surface area (Å²) in [7, 11) is -2.19. The Morgan fingerprint density at radius 2 is 2.15 bits per heavy atom. The van der Waals surface area contributed by atoms with E-state index in [2.05, 4.69) is 15.0 Å². The summed E-state index contributed by atoms with van der Waals surface area (Å²) in [5.41, 5.74) is 7.43. The number of aromatic nitrogens is 1. The van der Waals surface area contributed by atoms with Crippen LogP contribution in [0.25, 0.3) is 0 Å². The average molecular weight is 312 g/mol. The van der Waals surface area contributed by atoms with Gasteiger partial charge in [-0.1, -0.05) is 0 Å². The molecule has 1 heterocycles. The van der Waals surface area contributed by atoms with E-state index in [1.54, 1.807) is 23.5 Å². The number of nitrogens with two attached hydrogens (primary N) is 1. The van der Waals surface area contributed by atoms with Gasteiger partial charge in [-0.15, -0.1) is 11.3 Å². The van der Waals surface area contributed by atoms with Crippen molar-refractivity contribution in [2.24, 2.45) is 0 Å². The van der Waals surface area contributed by atoms with Gasteiger partial charge in [-0.05, 0) is 32.2 Å². The Bertz CT molecular complexity index is 710. The Morgan fingerprint density at radius 1 is 1.40 bits per heavy atom. The van der Waals surface area contributed by atoms with E-state index in [4.69, 9.17) is 5.73 Å². The molecule has 0 amide bonds. The lowest BCUT2D eigenvalue weighted by atomic mass is 10.3. The number of rotatable bonds is 5. The molecule has 6 nitrogen and oxygen atoms in total. The van der Waals surface area contributed by atoms with Gasteiger partial charge < -0.3 is 11.1 Å². The van der Waals surface area contributed by atoms with E-state index in [9.17, 15) is 8.42 Å². The summed E-state index contributed by atoms with van der Waals surface area (Å²) in [4.78, 5) is 4.45. The molecular formula is C12H16N4O2S2. The SMILES string of the molecule is CNS(=O)(=O)c1cc(N)ccc1NCc1csc(C)n1. The second kappa shape index (κ2) is 5.78. The molecular weight excluding hydrogens is 296 g/mol. The standard InChI is InChI=1S/C12H16N4O2S2/c1-8-16-10(7-19-8)6-15-11-4-3-9(13)5-12(11)20(17,18)14-2/h3-5,7,14-15H,6,13H2,1-2H3. The van der Waals surface area contributed by atoms with Crippen molar-refractivity contribution in [3.05, 3.63) is 34.3 Å². The van der Waals surface area contributed by atoms with Crippen molar-refractivity contribution >= 4 is 32.7 Å². The molecule has 2 rings (SSSR count). The number of aryl methyl sites for hydroxylation is 1. The lowest BCUT2D eigenvalue weighted by molar-refractivity contribution is 0.588. The maximum Gasteiger partial charge on any atom is 0.242 e. The quantitative estimate of drug-likeness (QED) is 0.728. The molecule has 0 fully saturated rings. The summed E-state index contributed by atoms with van der Waals surface area (Å²) < 4.78 is 26.2. The van der Waals surface area contributed by atoms with Gasteiger partial charge in [0.1, 0.15) is 4.90 Å². The molecule has 0 aliphatic heterocycles. The summed E-state index contributed by atoms with van der Waals surface area (Å²) in [6, 6.07) is 4.74. The van der Waals surface area contributed by atoms with Crippen LogP contribution in [0.1, 0.15) is 10.7 Å². The lowest BCUT2D eigenvalue weighted by Gasteiger charge is -2.12. The third-order valence-corrected chi connectivity index (χ3v) is 4.97. The first kappa shape index (κ1) is 14.8. The molecule has 0 aliphatic rings. The van der Waals surface area contributed by atoms with E-state index in [-0.39, 0.29) is 4.90 Å². The Hall–Kier alpha value is -1.64. The maximum absolute atomic E-state index is 12.0. The van der Waals surface area contributed by atoms with Crippen LogP contribution in [0.3, 0.4) is 0 Å². The number of sulfonamides is 1. The summed E-state index contributed by atoms with van der Waals surface area (Å²) in [6.45, 7) is 2.38. The van der Waals surface area contributed by atoms with E-state index in [1.165, 1.54) is 13.1 Å². The van der Waals surface area contributed by atoms with Crippen LogP contribution in [-0.4, -0.2) is 20.4 Å². The van der Waals surface area contributed by atoms with Crippen molar-refractivity contribution in [3.8, 4) is 0 Å². The number of anilines is 2. The van der Waals surface area contributed by atoms with Crippen molar-refractivity contribution < 1.29 is 8.42 Å². The van der Waals surface area contributed by atoms with Gasteiger partial charge in [0.15, 0.2) is 0 Å². The predicted octanol–water partition coefficient (Wildman–Crippen LogP) is 1.55. The molecule has 0 unspecified atom stereocenters. The number of nitrogens with zero attached hydrogens (tertiary/aromatic N) is 1. The minimum atomic E-state index is -3.56. The molecule has 8 heteroatoms. The van der Waals surface area contributed by atoms with E-state index in [0.717, 1.165) is 10.7 Å². The highest BCUT2D eigenvalue weighted by atomic mass is 32.2. The number of nitrogens with one attached hydrogen (secondary N) is 2. The third kappa shape index (κ3) is 3.27. The van der Waals surface area contributed by atoms with E-state index in [0.29, 0.717) is 17.9 Å². The largest absolute Gasteiger partial charge is 0.399 e. The van der Waals surface area contributed by atoms with E-state index >= 15 is 0 Å². The number of thiazole rings is 1. The molecule has 0 bridgehead atoms. The summed E-state index contributed by atoms with van der Waals surface area (Å²) in [5, 5.41) is 5.99. The third-order valence-electron chi connectivity index (χ3n) is 2.69. The fourth-order valence-corrected chi connectivity index (χ4v) is 3.25. The van der Waals surface area contributed by atoms with Gasteiger partial charge in [0.2, 0.25) is 10.0 Å². The molecule has 0 saturated carbocycles. The van der Waals surface area contributed by atoms with Crippen molar-refractivity contribution in [2.75, 3.05) is 18.1 Å². The molecule has 0 radical (unpaired) electrons. The molecule has 20 heavy (non-hydrogen) atoms. The van der Waals surface area contributed by atoms with Gasteiger partial charge >= 0.3 is 0 Å². The van der Waals surface area contributed by atoms with Gasteiger partial charge in [-0.25, -0.2) is 18.1 Å². The van der Waals surface area contributed by atoms with Crippen LogP contribution in [0, 0.1) is 6.92 Å². The highest BCUT2D eigenvalue weighted by Gasteiger charge is 2.17. The maximum atomic E-state index is 12.0. The predicted molar refractivity (Wildman–Crippen MR) is 81.3 cm³/mol. The van der Waals surface area contributed by atoms with Crippen molar-refractivity contribution in [2.45, 2.75) is 18.4 Å².